The van der Waals surface area contributed by atoms with Crippen LogP contribution in [0.5, 0.6) is 0 Å². The summed E-state index contributed by atoms with van der Waals surface area (Å²) in [5.41, 5.74) is 0. The maximum Gasteiger partial charge on any atom is 0.221 e. The number of aliphatic imine (C=N–C) groups is 3. The highest BCUT2D eigenvalue weighted by Gasteiger charge is 2.44. The number of hydrogen-bond donors (Lipinski definition) is 0. The first-order valence-corrected chi connectivity index (χ1v) is 7.93. The first-order chi connectivity index (χ1) is 10.1. The number of amidine groups is 1. The van der Waals surface area contributed by atoms with Crippen LogP contribution in [0.25, 0.3) is 0 Å². The lowest BCUT2D eigenvalue weighted by atomic mass is 9.82. The molecule has 0 aliphatic carbocycles. The third-order valence-corrected chi connectivity index (χ3v) is 5.25. The van der Waals surface area contributed by atoms with Crippen molar-refractivity contribution in [3.63, 3.8) is 0 Å². The number of ketones is 1. The number of piperidine rings is 3. The molecule has 5 rings (SSSR count). The summed E-state index contributed by atoms with van der Waals surface area (Å²) in [5.74, 6) is 0.592. The molecule has 0 radical (unpaired) electrons. The van der Waals surface area contributed by atoms with Crippen LogP contribution < -0.4 is 0 Å². The fourth-order valence-corrected chi connectivity index (χ4v) is 4.10. The van der Waals surface area contributed by atoms with Crippen molar-refractivity contribution in [1.82, 2.24) is 9.80 Å². The van der Waals surface area contributed by atoms with Crippen molar-refractivity contribution in [3.8, 4) is 0 Å². The largest absolute Gasteiger partial charge is 0.337 e. The zero-order chi connectivity index (χ0) is 14.6. The lowest BCUT2D eigenvalue weighted by Gasteiger charge is -2.45. The zero-order valence-corrected chi connectivity index (χ0v) is 12.8. The van der Waals surface area contributed by atoms with E-state index < -0.39 is 0 Å². The molecule has 3 saturated heterocycles. The fraction of sp³-hybridized carbons (Fsp3) is 0.692. The van der Waals surface area contributed by atoms with E-state index in [1.165, 1.54) is 0 Å². The van der Waals surface area contributed by atoms with Gasteiger partial charge in [0, 0.05) is 12.5 Å². The van der Waals surface area contributed by atoms with Crippen molar-refractivity contribution < 1.29 is 4.79 Å². The van der Waals surface area contributed by atoms with E-state index >= 15 is 0 Å². The summed E-state index contributed by atoms with van der Waals surface area (Å²) < 4.78 is 0. The average molecular weight is 328 g/mol. The predicted octanol–water partition coefficient (Wildman–Crippen LogP) is 0.934. The van der Waals surface area contributed by atoms with E-state index in [1.54, 1.807) is 6.34 Å². The molecule has 0 aromatic carbocycles. The molecule has 0 amide bonds. The Morgan fingerprint density at radius 1 is 1.29 bits per heavy atom. The van der Waals surface area contributed by atoms with E-state index in [2.05, 4.69) is 19.9 Å². The van der Waals surface area contributed by atoms with Crippen molar-refractivity contribution in [1.29, 1.82) is 0 Å². The van der Waals surface area contributed by atoms with Crippen molar-refractivity contribution in [2.75, 3.05) is 19.6 Å². The second kappa shape index (κ2) is 5.04. The zero-order valence-electron chi connectivity index (χ0n) is 11.3. The molecule has 5 aliphatic rings. The van der Waals surface area contributed by atoms with Crippen molar-refractivity contribution in [3.05, 3.63) is 0 Å². The molecular formula is C13H15Cl2N5O. The van der Waals surface area contributed by atoms with Crippen molar-refractivity contribution >= 4 is 45.8 Å². The van der Waals surface area contributed by atoms with E-state index in [4.69, 9.17) is 23.2 Å². The molecule has 21 heavy (non-hydrogen) atoms. The Morgan fingerprint density at radius 3 is 2.76 bits per heavy atom. The van der Waals surface area contributed by atoms with Gasteiger partial charge in [-0.25, -0.2) is 9.98 Å². The van der Waals surface area contributed by atoms with E-state index in [9.17, 15) is 4.79 Å². The molecule has 2 bridgehead atoms. The summed E-state index contributed by atoms with van der Waals surface area (Å²) in [7, 11) is 0. The van der Waals surface area contributed by atoms with Crippen LogP contribution in [-0.4, -0.2) is 70.3 Å². The highest BCUT2D eigenvalue weighted by molar-refractivity contribution is 6.73. The van der Waals surface area contributed by atoms with Crippen molar-refractivity contribution in [2.45, 2.75) is 31.1 Å². The first-order valence-electron chi connectivity index (χ1n) is 7.17. The third kappa shape index (κ3) is 2.20. The van der Waals surface area contributed by atoms with Gasteiger partial charge in [-0.15, -0.1) is 0 Å². The standard InChI is InChI=1S/C13H15Cl2N5O/c14-11-9-12(18-13(15)17-11)20(6-16-9)5-8-10(21)7-1-3-19(8)4-2-7/h6-9,12H,1-5H2. The van der Waals surface area contributed by atoms with Gasteiger partial charge < -0.3 is 4.90 Å². The van der Waals surface area contributed by atoms with Crippen molar-refractivity contribution in [2.24, 2.45) is 20.9 Å². The molecular weight excluding hydrogens is 313 g/mol. The summed E-state index contributed by atoms with van der Waals surface area (Å²) in [5, 5.41) is 0.504. The number of fused-ring (bicyclic) bond motifs is 4. The number of halogens is 2. The van der Waals surface area contributed by atoms with Gasteiger partial charge in [-0.1, -0.05) is 11.6 Å². The SMILES string of the molecule is O=C1C2CCN(CC2)C1CN1C=NC2C(Cl)=NC(Cl)=NC21. The average Bonchev–Trinajstić information content (AvgIpc) is 2.86. The molecule has 5 aliphatic heterocycles. The Hall–Kier alpha value is -0.980. The number of nitrogens with zero attached hydrogens (tertiary/aromatic N) is 5. The quantitative estimate of drug-likeness (QED) is 0.709. The van der Waals surface area contributed by atoms with Crippen LogP contribution in [0.15, 0.2) is 15.0 Å². The Bertz CT molecular complexity index is 567. The number of rotatable bonds is 2. The Kier molecular flexibility index (Phi) is 3.28. The lowest BCUT2D eigenvalue weighted by molar-refractivity contribution is -0.137. The molecule has 8 heteroatoms. The lowest BCUT2D eigenvalue weighted by Crippen LogP contribution is -2.60. The number of carbonyl (C=O) groups is 1. The van der Waals surface area contributed by atoms with Crippen LogP contribution in [0.2, 0.25) is 0 Å². The summed E-state index contributed by atoms with van der Waals surface area (Å²) in [6, 6.07) is -0.352. The van der Waals surface area contributed by atoms with Crippen LogP contribution in [0, 0.1) is 5.92 Å². The Morgan fingerprint density at radius 2 is 2.05 bits per heavy atom. The van der Waals surface area contributed by atoms with Gasteiger partial charge in [0.15, 0.2) is 11.9 Å². The van der Waals surface area contributed by atoms with Gasteiger partial charge in [0.2, 0.25) is 5.29 Å². The van der Waals surface area contributed by atoms with Gasteiger partial charge in [0.25, 0.3) is 0 Å². The maximum absolute atomic E-state index is 12.4. The third-order valence-electron chi connectivity index (χ3n) is 4.76. The first kappa shape index (κ1) is 13.7. The molecule has 5 heterocycles. The minimum Gasteiger partial charge on any atom is -0.337 e. The highest BCUT2D eigenvalue weighted by atomic mass is 35.5. The monoisotopic (exact) mass is 327 g/mol. The van der Waals surface area contributed by atoms with Crippen LogP contribution in [-0.2, 0) is 4.79 Å². The van der Waals surface area contributed by atoms with E-state index in [0.29, 0.717) is 17.5 Å². The molecule has 0 aromatic heterocycles. The normalized spacial score (nSPS) is 41.1. The summed E-state index contributed by atoms with van der Waals surface area (Å²) in [6.45, 7) is 2.61. The Labute approximate surface area is 132 Å². The van der Waals surface area contributed by atoms with Gasteiger partial charge in [0.1, 0.15) is 11.2 Å². The Balaban J connectivity index is 1.52. The van der Waals surface area contributed by atoms with E-state index in [0.717, 1.165) is 25.9 Å². The summed E-state index contributed by atoms with van der Waals surface area (Å²) in [6.07, 6.45) is 3.45. The molecule has 0 N–H and O–H groups in total. The van der Waals surface area contributed by atoms with Crippen LogP contribution >= 0.6 is 23.2 Å². The van der Waals surface area contributed by atoms with E-state index in [1.807, 2.05) is 4.90 Å². The van der Waals surface area contributed by atoms with Gasteiger partial charge in [-0.05, 0) is 37.5 Å². The number of Topliss-reactive ketones (excluding diaryl/α,β-unsaturated/α-hetero) is 1. The smallest absolute Gasteiger partial charge is 0.221 e. The molecule has 3 unspecified atom stereocenters. The maximum atomic E-state index is 12.4. The number of carbonyl (C=O) groups excluding carboxylic acids is 1. The molecule has 0 aromatic rings. The van der Waals surface area contributed by atoms with E-state index in [-0.39, 0.29) is 29.5 Å². The molecule has 0 spiro atoms. The molecule has 3 fully saturated rings. The van der Waals surface area contributed by atoms with Crippen LogP contribution in [0.1, 0.15) is 12.8 Å². The predicted molar refractivity (Wildman–Crippen MR) is 82.4 cm³/mol. The summed E-state index contributed by atoms with van der Waals surface area (Å²) >= 11 is 12.0. The highest BCUT2D eigenvalue weighted by Crippen LogP contribution is 2.31. The topological polar surface area (TPSA) is 60.6 Å². The molecule has 0 saturated carbocycles. The molecule has 6 nitrogen and oxygen atoms in total. The summed E-state index contributed by atoms with van der Waals surface area (Å²) in [4.78, 5) is 29.3. The second-order valence-corrected chi connectivity index (χ2v) is 6.61. The van der Waals surface area contributed by atoms with Gasteiger partial charge in [-0.2, -0.15) is 0 Å². The second-order valence-electron chi connectivity index (χ2n) is 5.88. The van der Waals surface area contributed by atoms with Crippen LogP contribution in [0.3, 0.4) is 0 Å². The minimum absolute atomic E-state index is 0.0608. The van der Waals surface area contributed by atoms with Crippen LogP contribution in [0.4, 0.5) is 0 Å². The van der Waals surface area contributed by atoms with Gasteiger partial charge in [0.05, 0.1) is 12.4 Å². The number of hydrogen-bond acceptors (Lipinski definition) is 6. The fourth-order valence-electron chi connectivity index (χ4n) is 3.61. The van der Waals surface area contributed by atoms with Gasteiger partial charge >= 0.3 is 0 Å². The minimum atomic E-state index is -0.292. The van der Waals surface area contributed by atoms with Gasteiger partial charge in [-0.3, -0.25) is 14.7 Å². The molecule has 3 atom stereocenters. The molecule has 112 valence electrons.